The maximum atomic E-state index is 12.0. The molecule has 1 saturated heterocycles. The fraction of sp³-hybridized carbons (Fsp3) is 0.636. The molecule has 0 atom stereocenters. The van der Waals surface area contributed by atoms with Crippen LogP contribution in [0, 0.1) is 0 Å². The van der Waals surface area contributed by atoms with Gasteiger partial charge in [0, 0.05) is 30.9 Å². The number of amides is 3. The first-order valence-electron chi connectivity index (χ1n) is 10.8. The number of imide groups is 1. The van der Waals surface area contributed by atoms with Gasteiger partial charge in [0.05, 0.1) is 0 Å². The van der Waals surface area contributed by atoms with Crippen molar-refractivity contribution in [3.8, 4) is 0 Å². The first kappa shape index (κ1) is 22.2. The lowest BCUT2D eigenvalue weighted by Gasteiger charge is -2.26. The van der Waals surface area contributed by atoms with Crippen LogP contribution in [0.5, 0.6) is 0 Å². The van der Waals surface area contributed by atoms with Crippen LogP contribution in [-0.2, 0) is 4.79 Å². The van der Waals surface area contributed by atoms with Crippen molar-refractivity contribution in [3.05, 3.63) is 24.3 Å². The molecule has 6 heteroatoms. The van der Waals surface area contributed by atoms with Gasteiger partial charge in [0.15, 0.2) is 0 Å². The van der Waals surface area contributed by atoms with Crippen LogP contribution in [0.1, 0.15) is 58.8 Å². The Bertz CT molecular complexity index is 616. The first-order chi connectivity index (χ1) is 13.6. The average Bonchev–Trinajstić information content (AvgIpc) is 2.70. The number of urea groups is 1. The number of nitrogens with one attached hydrogen (secondary N) is 2. The third kappa shape index (κ3) is 7.50. The number of nitrogens with zero attached hydrogens (tertiary/aromatic N) is 2. The minimum Gasteiger partial charge on any atom is -0.385 e. The second-order valence-corrected chi connectivity index (χ2v) is 7.38. The Balaban J connectivity index is 1.60. The van der Waals surface area contributed by atoms with Crippen molar-refractivity contribution in [2.75, 3.05) is 42.9 Å². The minimum absolute atomic E-state index is 0.205. The maximum absolute atomic E-state index is 12.0. The number of hydrogen-bond donors (Lipinski definition) is 2. The van der Waals surface area contributed by atoms with Crippen molar-refractivity contribution < 1.29 is 9.59 Å². The fourth-order valence-corrected chi connectivity index (χ4v) is 3.53. The van der Waals surface area contributed by atoms with Gasteiger partial charge in [0.25, 0.3) is 0 Å². The van der Waals surface area contributed by atoms with Crippen molar-refractivity contribution in [2.45, 2.75) is 58.8 Å². The summed E-state index contributed by atoms with van der Waals surface area (Å²) >= 11 is 0. The molecule has 1 aliphatic heterocycles. The molecule has 2 N–H and O–H groups in total. The molecule has 1 aliphatic rings. The predicted octanol–water partition coefficient (Wildman–Crippen LogP) is 4.23. The SMILES string of the molecule is CCN(CC)CCCCCCCCNc1cccc(N2CCC(=O)NC2=O)c1. The third-order valence-electron chi connectivity index (χ3n) is 5.34. The van der Waals surface area contributed by atoms with Crippen LogP contribution < -0.4 is 15.5 Å². The van der Waals surface area contributed by atoms with Gasteiger partial charge >= 0.3 is 6.03 Å². The molecule has 1 aromatic carbocycles. The average molecular weight is 389 g/mol. The van der Waals surface area contributed by atoms with Gasteiger partial charge in [-0.15, -0.1) is 0 Å². The molecule has 0 aliphatic carbocycles. The van der Waals surface area contributed by atoms with E-state index in [1.807, 2.05) is 24.3 Å². The van der Waals surface area contributed by atoms with Crippen LogP contribution in [0.15, 0.2) is 24.3 Å². The second-order valence-electron chi connectivity index (χ2n) is 7.38. The van der Waals surface area contributed by atoms with Gasteiger partial charge < -0.3 is 10.2 Å². The quantitative estimate of drug-likeness (QED) is 0.497. The van der Waals surface area contributed by atoms with E-state index in [0.29, 0.717) is 13.0 Å². The third-order valence-corrected chi connectivity index (χ3v) is 5.34. The van der Waals surface area contributed by atoms with E-state index in [1.165, 1.54) is 38.6 Å². The summed E-state index contributed by atoms with van der Waals surface area (Å²) in [6.07, 6.45) is 7.99. The summed E-state index contributed by atoms with van der Waals surface area (Å²) in [6, 6.07) is 7.50. The summed E-state index contributed by atoms with van der Waals surface area (Å²) in [5.74, 6) is -0.205. The molecule has 6 nitrogen and oxygen atoms in total. The lowest BCUT2D eigenvalue weighted by Crippen LogP contribution is -2.49. The van der Waals surface area contributed by atoms with Crippen molar-refractivity contribution in [1.82, 2.24) is 10.2 Å². The summed E-state index contributed by atoms with van der Waals surface area (Å²) in [7, 11) is 0. The smallest absolute Gasteiger partial charge is 0.328 e. The van der Waals surface area contributed by atoms with Gasteiger partial charge in [0.1, 0.15) is 0 Å². The Morgan fingerprint density at radius 1 is 1.04 bits per heavy atom. The van der Waals surface area contributed by atoms with Crippen molar-refractivity contribution in [3.63, 3.8) is 0 Å². The molecule has 0 saturated carbocycles. The number of anilines is 2. The highest BCUT2D eigenvalue weighted by Gasteiger charge is 2.24. The molecular weight excluding hydrogens is 352 g/mol. The lowest BCUT2D eigenvalue weighted by molar-refractivity contribution is -0.120. The first-order valence-corrected chi connectivity index (χ1v) is 10.8. The van der Waals surface area contributed by atoms with Gasteiger partial charge in [0.2, 0.25) is 5.91 Å². The summed E-state index contributed by atoms with van der Waals surface area (Å²) in [5, 5.41) is 5.81. The van der Waals surface area contributed by atoms with E-state index in [2.05, 4.69) is 29.4 Å². The highest BCUT2D eigenvalue weighted by atomic mass is 16.2. The van der Waals surface area contributed by atoms with E-state index in [0.717, 1.165) is 37.4 Å². The van der Waals surface area contributed by atoms with E-state index < -0.39 is 0 Å². The number of unbranched alkanes of at least 4 members (excludes halogenated alkanes) is 5. The lowest BCUT2D eigenvalue weighted by atomic mass is 10.1. The number of benzene rings is 1. The number of carbonyl (C=O) groups is 2. The Hall–Kier alpha value is -2.08. The van der Waals surface area contributed by atoms with Crippen LogP contribution in [-0.4, -0.2) is 49.6 Å². The number of carbonyl (C=O) groups excluding carboxylic acids is 2. The zero-order valence-corrected chi connectivity index (χ0v) is 17.5. The van der Waals surface area contributed by atoms with Crippen molar-refractivity contribution in [1.29, 1.82) is 0 Å². The van der Waals surface area contributed by atoms with Gasteiger partial charge in [-0.05, 0) is 50.7 Å². The van der Waals surface area contributed by atoms with Crippen LogP contribution in [0.2, 0.25) is 0 Å². The molecule has 156 valence electrons. The Labute approximate surface area is 169 Å². The Morgan fingerprint density at radius 2 is 1.75 bits per heavy atom. The number of hydrogen-bond acceptors (Lipinski definition) is 4. The van der Waals surface area contributed by atoms with E-state index in [-0.39, 0.29) is 11.9 Å². The standard InChI is InChI=1S/C22H36N4O2/c1-3-25(4-2)16-10-8-6-5-7-9-15-23-19-12-11-13-20(18-19)26-17-14-21(27)24-22(26)28/h11-13,18,23H,3-10,14-17H2,1-2H3,(H,24,27,28). The van der Waals surface area contributed by atoms with Gasteiger partial charge in [-0.2, -0.15) is 0 Å². The van der Waals surface area contributed by atoms with Crippen LogP contribution in [0.3, 0.4) is 0 Å². The minimum atomic E-state index is -0.339. The fourth-order valence-electron chi connectivity index (χ4n) is 3.53. The normalized spacial score (nSPS) is 14.5. The topological polar surface area (TPSA) is 64.7 Å². The summed E-state index contributed by atoms with van der Waals surface area (Å²) in [6.45, 7) is 9.38. The molecule has 1 fully saturated rings. The molecule has 0 bridgehead atoms. The van der Waals surface area contributed by atoms with Gasteiger partial charge in [-0.1, -0.05) is 45.6 Å². The molecule has 0 unspecified atom stereocenters. The molecule has 1 aromatic rings. The molecule has 28 heavy (non-hydrogen) atoms. The molecular formula is C22H36N4O2. The van der Waals surface area contributed by atoms with Crippen LogP contribution in [0.25, 0.3) is 0 Å². The Morgan fingerprint density at radius 3 is 2.46 bits per heavy atom. The maximum Gasteiger partial charge on any atom is 0.328 e. The zero-order chi connectivity index (χ0) is 20.2. The molecule has 1 heterocycles. The van der Waals surface area contributed by atoms with Crippen LogP contribution in [0.4, 0.5) is 16.2 Å². The molecule has 0 spiro atoms. The van der Waals surface area contributed by atoms with Gasteiger partial charge in [-0.3, -0.25) is 15.0 Å². The Kier molecular flexibility index (Phi) is 9.83. The second kappa shape index (κ2) is 12.4. The number of rotatable bonds is 13. The van der Waals surface area contributed by atoms with E-state index in [1.54, 1.807) is 4.90 Å². The van der Waals surface area contributed by atoms with E-state index in [9.17, 15) is 9.59 Å². The summed E-state index contributed by atoms with van der Waals surface area (Å²) in [4.78, 5) is 27.4. The van der Waals surface area contributed by atoms with Crippen molar-refractivity contribution >= 4 is 23.3 Å². The highest BCUT2D eigenvalue weighted by molar-refractivity contribution is 6.05. The highest BCUT2D eigenvalue weighted by Crippen LogP contribution is 2.21. The van der Waals surface area contributed by atoms with E-state index >= 15 is 0 Å². The van der Waals surface area contributed by atoms with Crippen molar-refractivity contribution in [2.24, 2.45) is 0 Å². The van der Waals surface area contributed by atoms with Gasteiger partial charge in [-0.25, -0.2) is 4.79 Å². The molecule has 2 rings (SSSR count). The monoisotopic (exact) mass is 388 g/mol. The van der Waals surface area contributed by atoms with Crippen LogP contribution >= 0.6 is 0 Å². The zero-order valence-electron chi connectivity index (χ0n) is 17.5. The molecule has 0 radical (unpaired) electrons. The summed E-state index contributed by atoms with van der Waals surface area (Å²) in [5.41, 5.74) is 1.84. The molecule has 3 amide bonds. The predicted molar refractivity (Wildman–Crippen MR) is 116 cm³/mol. The molecule has 0 aromatic heterocycles. The largest absolute Gasteiger partial charge is 0.385 e. The summed E-state index contributed by atoms with van der Waals surface area (Å²) < 4.78 is 0. The van der Waals surface area contributed by atoms with E-state index in [4.69, 9.17) is 0 Å².